The van der Waals surface area contributed by atoms with Crippen LogP contribution in [0.5, 0.6) is 5.75 Å². The van der Waals surface area contributed by atoms with E-state index < -0.39 is 5.97 Å². The van der Waals surface area contributed by atoms with Crippen LogP contribution in [0.3, 0.4) is 0 Å². The lowest BCUT2D eigenvalue weighted by Gasteiger charge is -2.10. The molecule has 0 unspecified atom stereocenters. The van der Waals surface area contributed by atoms with E-state index in [4.69, 9.17) is 37.9 Å². The quantitative estimate of drug-likeness (QED) is 0.224. The van der Waals surface area contributed by atoms with Crippen LogP contribution < -0.4 is 4.74 Å². The van der Waals surface area contributed by atoms with Gasteiger partial charge >= 0.3 is 5.97 Å². The molecule has 0 aliphatic carbocycles. The van der Waals surface area contributed by atoms with Crippen LogP contribution in [0.1, 0.15) is 23.7 Å². The van der Waals surface area contributed by atoms with Gasteiger partial charge in [-0.1, -0.05) is 42.3 Å². The maximum Gasteiger partial charge on any atom is 0.343 e. The first-order chi connectivity index (χ1) is 17.5. The molecule has 6 aromatic rings. The molecule has 178 valence electrons. The lowest BCUT2D eigenvalue weighted by Crippen LogP contribution is -2.08. The summed E-state index contributed by atoms with van der Waals surface area (Å²) in [4.78, 5) is 23.1. The minimum Gasteiger partial charge on any atom is -0.420 e. The first-order valence-corrected chi connectivity index (χ1v) is 12.3. The molecule has 0 saturated heterocycles. The molecule has 6 rings (SSSR count). The SMILES string of the molecule is CCCn1cc(OC(=O)c2ccc(Cl)cc2)c2c1nc(-c1ccc(Cl)cc1)n1c3ccccc3nc21. The average Bonchev–Trinajstić information content (AvgIpc) is 3.43. The Bertz CT molecular complexity index is 1750. The summed E-state index contributed by atoms with van der Waals surface area (Å²) in [7, 11) is 0. The number of carbonyl (C=O) groups excluding carboxylic acids is 1. The number of nitrogens with zero attached hydrogens (tertiary/aromatic N) is 4. The Labute approximate surface area is 216 Å². The van der Waals surface area contributed by atoms with Crippen LogP contribution in [-0.2, 0) is 6.54 Å². The van der Waals surface area contributed by atoms with Gasteiger partial charge in [-0.05, 0) is 67.1 Å². The number of para-hydroxylation sites is 2. The van der Waals surface area contributed by atoms with Crippen molar-refractivity contribution in [1.29, 1.82) is 0 Å². The fraction of sp³-hybridized carbons (Fsp3) is 0.107. The van der Waals surface area contributed by atoms with Crippen molar-refractivity contribution in [3.05, 3.63) is 94.6 Å². The molecule has 0 spiro atoms. The Kier molecular flexibility index (Phi) is 5.63. The molecule has 0 N–H and O–H groups in total. The van der Waals surface area contributed by atoms with E-state index in [1.807, 2.05) is 63.7 Å². The molecule has 0 amide bonds. The Morgan fingerprint density at radius 3 is 2.31 bits per heavy atom. The Morgan fingerprint density at radius 1 is 0.889 bits per heavy atom. The summed E-state index contributed by atoms with van der Waals surface area (Å²) >= 11 is 12.2. The van der Waals surface area contributed by atoms with E-state index in [1.165, 1.54) is 0 Å². The average molecular weight is 515 g/mol. The first kappa shape index (κ1) is 22.6. The van der Waals surface area contributed by atoms with Gasteiger partial charge < -0.3 is 9.30 Å². The lowest BCUT2D eigenvalue weighted by atomic mass is 10.2. The summed E-state index contributed by atoms with van der Waals surface area (Å²) in [6.45, 7) is 2.80. The summed E-state index contributed by atoms with van der Waals surface area (Å²) in [6, 6.07) is 22.1. The van der Waals surface area contributed by atoms with Gasteiger partial charge in [0.1, 0.15) is 16.9 Å². The van der Waals surface area contributed by atoms with E-state index in [0.29, 0.717) is 44.6 Å². The maximum absolute atomic E-state index is 13.0. The van der Waals surface area contributed by atoms with Crippen LogP contribution in [0.25, 0.3) is 39.1 Å². The third-order valence-electron chi connectivity index (χ3n) is 6.07. The van der Waals surface area contributed by atoms with Gasteiger partial charge in [0.25, 0.3) is 0 Å². The second-order valence-corrected chi connectivity index (χ2v) is 9.36. The molecule has 0 radical (unpaired) electrons. The monoisotopic (exact) mass is 514 g/mol. The molecule has 3 aromatic carbocycles. The number of halogens is 2. The van der Waals surface area contributed by atoms with E-state index in [-0.39, 0.29) is 0 Å². The molecule has 36 heavy (non-hydrogen) atoms. The van der Waals surface area contributed by atoms with Gasteiger partial charge in [0.15, 0.2) is 11.4 Å². The van der Waals surface area contributed by atoms with Crippen LogP contribution in [0.15, 0.2) is 79.0 Å². The van der Waals surface area contributed by atoms with Crippen molar-refractivity contribution in [2.24, 2.45) is 0 Å². The number of benzene rings is 3. The van der Waals surface area contributed by atoms with Crippen LogP contribution in [-0.4, -0.2) is 24.9 Å². The minimum atomic E-state index is -0.474. The molecule has 6 nitrogen and oxygen atoms in total. The molecule has 3 aromatic heterocycles. The lowest BCUT2D eigenvalue weighted by molar-refractivity contribution is 0.0737. The normalized spacial score (nSPS) is 11.5. The standard InChI is InChI=1S/C28H20Cl2N4O2/c1-2-15-33-16-23(36-28(35)18-9-13-20(30)14-10-18)24-26(33)32-25(17-7-11-19(29)12-8-17)34-22-6-4-3-5-21(22)31-27(24)34/h3-14,16H,2,15H2,1H3. The summed E-state index contributed by atoms with van der Waals surface area (Å²) in [5, 5.41) is 1.88. The number of hydrogen-bond donors (Lipinski definition) is 0. The van der Waals surface area contributed by atoms with E-state index in [1.54, 1.807) is 24.3 Å². The van der Waals surface area contributed by atoms with Crippen LogP contribution >= 0.6 is 23.2 Å². The zero-order valence-electron chi connectivity index (χ0n) is 19.3. The third-order valence-corrected chi connectivity index (χ3v) is 6.58. The van der Waals surface area contributed by atoms with Crippen molar-refractivity contribution in [2.45, 2.75) is 19.9 Å². The Hall–Kier alpha value is -3.87. The Balaban J connectivity index is 1.64. The second-order valence-electron chi connectivity index (χ2n) is 8.48. The van der Waals surface area contributed by atoms with Gasteiger partial charge in [-0.2, -0.15) is 0 Å². The van der Waals surface area contributed by atoms with Crippen molar-refractivity contribution >= 4 is 56.9 Å². The predicted octanol–water partition coefficient (Wildman–Crippen LogP) is 7.44. The number of rotatable bonds is 5. The minimum absolute atomic E-state index is 0.408. The zero-order valence-corrected chi connectivity index (χ0v) is 20.8. The van der Waals surface area contributed by atoms with Crippen molar-refractivity contribution in [2.75, 3.05) is 0 Å². The molecule has 0 aliphatic rings. The molecule has 0 atom stereocenters. The third kappa shape index (κ3) is 3.79. The summed E-state index contributed by atoms with van der Waals surface area (Å²) in [5.41, 5.74) is 4.40. The zero-order chi connectivity index (χ0) is 24.8. The number of ether oxygens (including phenoxy) is 1. The largest absolute Gasteiger partial charge is 0.420 e. The van der Waals surface area contributed by atoms with Crippen molar-refractivity contribution < 1.29 is 9.53 Å². The van der Waals surface area contributed by atoms with E-state index in [2.05, 4.69) is 6.92 Å². The van der Waals surface area contributed by atoms with Gasteiger partial charge in [-0.25, -0.2) is 14.8 Å². The fourth-order valence-corrected chi connectivity index (χ4v) is 4.69. The van der Waals surface area contributed by atoms with Gasteiger partial charge in [-0.15, -0.1) is 0 Å². The molecule has 8 heteroatoms. The van der Waals surface area contributed by atoms with E-state index in [0.717, 1.165) is 28.8 Å². The fourth-order valence-electron chi connectivity index (χ4n) is 4.44. The number of esters is 1. The molecule has 0 bridgehead atoms. The second kappa shape index (κ2) is 8.97. The molecular formula is C28H20Cl2N4O2. The van der Waals surface area contributed by atoms with Gasteiger partial charge in [0.05, 0.1) is 16.6 Å². The highest BCUT2D eigenvalue weighted by Crippen LogP contribution is 2.36. The topological polar surface area (TPSA) is 61.4 Å². The van der Waals surface area contributed by atoms with Crippen molar-refractivity contribution in [3.8, 4) is 17.1 Å². The van der Waals surface area contributed by atoms with E-state index in [9.17, 15) is 4.79 Å². The summed E-state index contributed by atoms with van der Waals surface area (Å²) in [6.07, 6.45) is 2.72. The molecule has 3 heterocycles. The van der Waals surface area contributed by atoms with Gasteiger partial charge in [-0.3, -0.25) is 4.40 Å². The maximum atomic E-state index is 13.0. The molecule has 0 fully saturated rings. The van der Waals surface area contributed by atoms with Crippen molar-refractivity contribution in [3.63, 3.8) is 0 Å². The van der Waals surface area contributed by atoms with E-state index >= 15 is 0 Å². The first-order valence-electron chi connectivity index (χ1n) is 11.6. The highest BCUT2D eigenvalue weighted by molar-refractivity contribution is 6.31. The molecule has 0 saturated carbocycles. The number of hydrogen-bond acceptors (Lipinski definition) is 4. The number of aromatic nitrogens is 4. The smallest absolute Gasteiger partial charge is 0.343 e. The van der Waals surface area contributed by atoms with Crippen molar-refractivity contribution in [1.82, 2.24) is 18.9 Å². The number of imidazole rings is 1. The van der Waals surface area contributed by atoms with Gasteiger partial charge in [0, 0.05) is 28.4 Å². The summed E-state index contributed by atoms with van der Waals surface area (Å²) < 4.78 is 9.96. The Morgan fingerprint density at radius 2 is 1.58 bits per heavy atom. The highest BCUT2D eigenvalue weighted by atomic mass is 35.5. The summed E-state index contributed by atoms with van der Waals surface area (Å²) in [5.74, 6) is 0.668. The molecular weight excluding hydrogens is 495 g/mol. The molecule has 0 aliphatic heterocycles. The number of fused-ring (bicyclic) bond motifs is 5. The predicted molar refractivity (Wildman–Crippen MR) is 143 cm³/mol. The van der Waals surface area contributed by atoms with Crippen LogP contribution in [0.4, 0.5) is 0 Å². The van der Waals surface area contributed by atoms with Gasteiger partial charge in [0.2, 0.25) is 0 Å². The number of carbonyl (C=O) groups is 1. The highest BCUT2D eigenvalue weighted by Gasteiger charge is 2.23. The van der Waals surface area contributed by atoms with Crippen LogP contribution in [0.2, 0.25) is 10.0 Å². The number of aryl methyl sites for hydroxylation is 1. The van der Waals surface area contributed by atoms with Crippen LogP contribution in [0, 0.1) is 0 Å².